The highest BCUT2D eigenvalue weighted by Gasteiger charge is 2.11. The summed E-state index contributed by atoms with van der Waals surface area (Å²) >= 11 is 0. The monoisotopic (exact) mass is 257 g/mol. The van der Waals surface area contributed by atoms with Crippen LogP contribution >= 0.6 is 0 Å². The Morgan fingerprint density at radius 2 is 2.05 bits per heavy atom. The predicted molar refractivity (Wildman–Crippen MR) is 78.3 cm³/mol. The van der Waals surface area contributed by atoms with Crippen LogP contribution in [0.4, 0.5) is 11.4 Å². The zero-order chi connectivity index (χ0) is 14.0. The van der Waals surface area contributed by atoms with E-state index < -0.39 is 0 Å². The van der Waals surface area contributed by atoms with Gasteiger partial charge in [0.15, 0.2) is 0 Å². The molecule has 0 radical (unpaired) electrons. The van der Waals surface area contributed by atoms with Crippen molar-refractivity contribution in [3.05, 3.63) is 47.8 Å². The maximum atomic E-state index is 12.1. The van der Waals surface area contributed by atoms with Gasteiger partial charge in [0.05, 0.1) is 5.69 Å². The molecule has 0 saturated carbocycles. The van der Waals surface area contributed by atoms with E-state index in [1.165, 1.54) is 5.56 Å². The first-order valence-electron chi connectivity index (χ1n) is 6.30. The Labute approximate surface area is 113 Å². The van der Waals surface area contributed by atoms with Gasteiger partial charge in [0.25, 0.3) is 5.91 Å². The van der Waals surface area contributed by atoms with Crippen molar-refractivity contribution in [2.45, 2.75) is 19.8 Å². The SMILES string of the molecule is CC(C)c1cccc(NC(=O)c2cc(N)cn2C)c1. The zero-order valence-electron chi connectivity index (χ0n) is 11.5. The summed E-state index contributed by atoms with van der Waals surface area (Å²) in [6, 6.07) is 9.55. The molecule has 1 aromatic carbocycles. The topological polar surface area (TPSA) is 60.1 Å². The Hall–Kier alpha value is -2.23. The van der Waals surface area contributed by atoms with Crippen molar-refractivity contribution in [1.82, 2.24) is 4.57 Å². The molecule has 19 heavy (non-hydrogen) atoms. The second-order valence-corrected chi connectivity index (χ2v) is 5.00. The van der Waals surface area contributed by atoms with Gasteiger partial charge in [-0.2, -0.15) is 0 Å². The average molecular weight is 257 g/mol. The summed E-state index contributed by atoms with van der Waals surface area (Å²) in [5.74, 6) is 0.280. The van der Waals surface area contributed by atoms with E-state index in [-0.39, 0.29) is 5.91 Å². The van der Waals surface area contributed by atoms with Gasteiger partial charge in [-0.1, -0.05) is 26.0 Å². The van der Waals surface area contributed by atoms with Crippen molar-refractivity contribution in [3.8, 4) is 0 Å². The number of nitrogen functional groups attached to an aromatic ring is 1. The van der Waals surface area contributed by atoms with Crippen LogP contribution in [0.25, 0.3) is 0 Å². The highest BCUT2D eigenvalue weighted by Crippen LogP contribution is 2.19. The molecule has 2 rings (SSSR count). The van der Waals surface area contributed by atoms with Gasteiger partial charge in [0.2, 0.25) is 0 Å². The van der Waals surface area contributed by atoms with Crippen LogP contribution in [0.15, 0.2) is 36.5 Å². The highest BCUT2D eigenvalue weighted by atomic mass is 16.1. The number of hydrogen-bond donors (Lipinski definition) is 2. The third-order valence-electron chi connectivity index (χ3n) is 3.07. The maximum absolute atomic E-state index is 12.1. The fourth-order valence-corrected chi connectivity index (χ4v) is 1.99. The van der Waals surface area contributed by atoms with E-state index >= 15 is 0 Å². The van der Waals surface area contributed by atoms with Crippen molar-refractivity contribution in [2.24, 2.45) is 7.05 Å². The molecule has 1 amide bonds. The second-order valence-electron chi connectivity index (χ2n) is 5.00. The van der Waals surface area contributed by atoms with E-state index in [1.807, 2.05) is 18.2 Å². The quantitative estimate of drug-likeness (QED) is 0.888. The Morgan fingerprint density at radius 1 is 1.32 bits per heavy atom. The highest BCUT2D eigenvalue weighted by molar-refractivity contribution is 6.03. The van der Waals surface area contributed by atoms with Gasteiger partial charge in [-0.15, -0.1) is 0 Å². The zero-order valence-corrected chi connectivity index (χ0v) is 11.5. The third-order valence-corrected chi connectivity index (χ3v) is 3.07. The largest absolute Gasteiger partial charge is 0.397 e. The minimum atomic E-state index is -0.153. The summed E-state index contributed by atoms with van der Waals surface area (Å²) < 4.78 is 1.72. The number of anilines is 2. The predicted octanol–water partition coefficient (Wildman–Crippen LogP) is 2.98. The molecule has 0 atom stereocenters. The van der Waals surface area contributed by atoms with Gasteiger partial charge in [-0.3, -0.25) is 4.79 Å². The minimum Gasteiger partial charge on any atom is -0.397 e. The summed E-state index contributed by atoms with van der Waals surface area (Å²) in [6.45, 7) is 4.25. The molecule has 4 heteroatoms. The van der Waals surface area contributed by atoms with Gasteiger partial charge in [-0.25, -0.2) is 0 Å². The second kappa shape index (κ2) is 5.18. The molecule has 0 bridgehead atoms. The van der Waals surface area contributed by atoms with Crippen LogP contribution in [0, 0.1) is 0 Å². The normalized spacial score (nSPS) is 10.7. The molecule has 0 aliphatic rings. The smallest absolute Gasteiger partial charge is 0.272 e. The maximum Gasteiger partial charge on any atom is 0.272 e. The Kier molecular flexibility index (Phi) is 3.60. The van der Waals surface area contributed by atoms with Crippen LogP contribution in [-0.2, 0) is 7.05 Å². The van der Waals surface area contributed by atoms with E-state index in [9.17, 15) is 4.79 Å². The van der Waals surface area contributed by atoms with Crippen molar-refractivity contribution in [3.63, 3.8) is 0 Å². The minimum absolute atomic E-state index is 0.153. The average Bonchev–Trinajstić information content (AvgIpc) is 2.69. The van der Waals surface area contributed by atoms with Crippen molar-refractivity contribution in [1.29, 1.82) is 0 Å². The molecule has 0 aliphatic carbocycles. The lowest BCUT2D eigenvalue weighted by Crippen LogP contribution is -2.15. The summed E-state index contributed by atoms with van der Waals surface area (Å²) in [7, 11) is 1.80. The number of nitrogens with one attached hydrogen (secondary N) is 1. The van der Waals surface area contributed by atoms with Gasteiger partial charge < -0.3 is 15.6 Å². The molecule has 0 saturated heterocycles. The van der Waals surface area contributed by atoms with Crippen LogP contribution in [0.3, 0.4) is 0 Å². The van der Waals surface area contributed by atoms with E-state index in [0.29, 0.717) is 17.3 Å². The van der Waals surface area contributed by atoms with Crippen LogP contribution in [0.1, 0.15) is 35.8 Å². The first-order chi connectivity index (χ1) is 8.97. The van der Waals surface area contributed by atoms with Gasteiger partial charge in [0.1, 0.15) is 5.69 Å². The van der Waals surface area contributed by atoms with E-state index in [0.717, 1.165) is 5.69 Å². The molecule has 1 heterocycles. The molecule has 0 aliphatic heterocycles. The molecule has 1 aromatic heterocycles. The number of rotatable bonds is 3. The van der Waals surface area contributed by atoms with E-state index in [1.54, 1.807) is 23.9 Å². The number of aromatic nitrogens is 1. The molecule has 0 fully saturated rings. The number of nitrogens with two attached hydrogens (primary N) is 1. The lowest BCUT2D eigenvalue weighted by Gasteiger charge is -2.09. The van der Waals surface area contributed by atoms with Crippen molar-refractivity contribution >= 4 is 17.3 Å². The number of benzene rings is 1. The Balaban J connectivity index is 2.19. The molecule has 100 valence electrons. The number of carbonyl (C=O) groups is 1. The summed E-state index contributed by atoms with van der Waals surface area (Å²) in [5, 5.41) is 2.89. The van der Waals surface area contributed by atoms with Crippen LogP contribution in [-0.4, -0.2) is 10.5 Å². The van der Waals surface area contributed by atoms with Crippen LogP contribution in [0.5, 0.6) is 0 Å². The number of amides is 1. The first kappa shape index (κ1) is 13.2. The standard InChI is InChI=1S/C15H19N3O/c1-10(2)11-5-4-6-13(7-11)17-15(19)14-8-12(16)9-18(14)3/h4-10H,16H2,1-3H3,(H,17,19). The van der Waals surface area contributed by atoms with Crippen LogP contribution in [0.2, 0.25) is 0 Å². The fourth-order valence-electron chi connectivity index (χ4n) is 1.99. The first-order valence-corrected chi connectivity index (χ1v) is 6.30. The van der Waals surface area contributed by atoms with Crippen LogP contribution < -0.4 is 11.1 Å². The molecular formula is C15H19N3O. The number of carbonyl (C=O) groups excluding carboxylic acids is 1. The summed E-state index contributed by atoms with van der Waals surface area (Å²) in [4.78, 5) is 12.1. The lowest BCUT2D eigenvalue weighted by atomic mass is 10.0. The molecule has 3 N–H and O–H groups in total. The van der Waals surface area contributed by atoms with Gasteiger partial charge >= 0.3 is 0 Å². The summed E-state index contributed by atoms with van der Waals surface area (Å²) in [6.07, 6.45) is 1.72. The number of nitrogens with zero attached hydrogens (tertiary/aromatic N) is 1. The van der Waals surface area contributed by atoms with E-state index in [2.05, 4.69) is 25.2 Å². The Morgan fingerprint density at radius 3 is 2.63 bits per heavy atom. The lowest BCUT2D eigenvalue weighted by molar-refractivity contribution is 0.101. The fraction of sp³-hybridized carbons (Fsp3) is 0.267. The van der Waals surface area contributed by atoms with E-state index in [4.69, 9.17) is 5.73 Å². The molecular weight excluding hydrogens is 238 g/mol. The third kappa shape index (κ3) is 2.96. The van der Waals surface area contributed by atoms with Gasteiger partial charge in [-0.05, 0) is 29.7 Å². The van der Waals surface area contributed by atoms with Gasteiger partial charge in [0, 0.05) is 18.9 Å². The van der Waals surface area contributed by atoms with Crippen molar-refractivity contribution < 1.29 is 4.79 Å². The number of aryl methyl sites for hydroxylation is 1. The molecule has 0 unspecified atom stereocenters. The molecule has 2 aromatic rings. The molecule has 4 nitrogen and oxygen atoms in total. The number of hydrogen-bond acceptors (Lipinski definition) is 2. The van der Waals surface area contributed by atoms with Crippen molar-refractivity contribution in [2.75, 3.05) is 11.1 Å². The summed E-state index contributed by atoms with van der Waals surface area (Å²) in [5.41, 5.74) is 8.81. The molecule has 0 spiro atoms. The Bertz CT molecular complexity index is 599.